The average molecular weight is 282 g/mol. The van der Waals surface area contributed by atoms with Crippen molar-refractivity contribution >= 4 is 11.3 Å². The van der Waals surface area contributed by atoms with Gasteiger partial charge in [0.1, 0.15) is 0 Å². The van der Waals surface area contributed by atoms with Crippen LogP contribution in [0.2, 0.25) is 0 Å². The first-order chi connectivity index (χ1) is 9.27. The maximum Gasteiger partial charge on any atom is 0.0104 e. The molecule has 1 aliphatic rings. The van der Waals surface area contributed by atoms with Crippen LogP contribution in [0.1, 0.15) is 30.7 Å². The van der Waals surface area contributed by atoms with Gasteiger partial charge in [-0.2, -0.15) is 0 Å². The molecular weight excluding hydrogens is 252 g/mol. The maximum absolute atomic E-state index is 3.27. The molecule has 1 fully saturated rings. The van der Waals surface area contributed by atoms with Crippen LogP contribution < -0.4 is 5.32 Å². The predicted octanol–water partition coefficient (Wildman–Crippen LogP) is 3.59. The second-order valence-corrected chi connectivity index (χ2v) is 5.53. The van der Waals surface area contributed by atoms with E-state index in [2.05, 4.69) is 55.7 Å². The molecule has 2 nitrogen and oxygen atoms in total. The molecule has 0 radical (unpaired) electrons. The molecular formula is C16H30N2S. The zero-order valence-corrected chi connectivity index (χ0v) is 13.7. The first kappa shape index (κ1) is 18.4. The summed E-state index contributed by atoms with van der Waals surface area (Å²) in [6.45, 7) is 15.2. The van der Waals surface area contributed by atoms with Gasteiger partial charge in [0.25, 0.3) is 0 Å². The largest absolute Gasteiger partial charge is 0.314 e. The summed E-state index contributed by atoms with van der Waals surface area (Å²) in [5, 5.41) is 5.47. The lowest BCUT2D eigenvalue weighted by Gasteiger charge is -2.21. The molecule has 0 atom stereocenters. The van der Waals surface area contributed by atoms with Crippen molar-refractivity contribution in [1.29, 1.82) is 0 Å². The van der Waals surface area contributed by atoms with E-state index in [0.717, 1.165) is 13.1 Å². The molecule has 19 heavy (non-hydrogen) atoms. The molecule has 0 unspecified atom stereocenters. The minimum absolute atomic E-state index is 1.16. The molecule has 0 spiro atoms. The van der Waals surface area contributed by atoms with Crippen molar-refractivity contribution < 1.29 is 0 Å². The summed E-state index contributed by atoms with van der Waals surface area (Å²) >= 11 is 1.90. The summed E-state index contributed by atoms with van der Waals surface area (Å²) in [6, 6.07) is 2.25. The smallest absolute Gasteiger partial charge is 0.0104 e. The number of likely N-dealkylation sites (N-methyl/N-ethyl adjacent to an activating group) is 1. The van der Waals surface area contributed by atoms with Gasteiger partial charge in [-0.25, -0.2) is 0 Å². The lowest BCUT2D eigenvalue weighted by Crippen LogP contribution is -2.40. The Balaban J connectivity index is 0.000000316. The van der Waals surface area contributed by atoms with Crippen molar-refractivity contribution in [2.75, 3.05) is 33.2 Å². The number of hydrogen-bond donors (Lipinski definition) is 1. The van der Waals surface area contributed by atoms with Crippen LogP contribution >= 0.6 is 11.3 Å². The molecule has 0 bridgehead atoms. The van der Waals surface area contributed by atoms with E-state index in [0.29, 0.717) is 0 Å². The van der Waals surface area contributed by atoms with Gasteiger partial charge in [-0.15, -0.1) is 24.5 Å². The zero-order chi connectivity index (χ0) is 14.5. The Hall–Kier alpha value is -0.640. The van der Waals surface area contributed by atoms with Crippen molar-refractivity contribution in [2.45, 2.75) is 33.1 Å². The lowest BCUT2D eigenvalue weighted by atomic mass is 10.1. The van der Waals surface area contributed by atoms with Crippen LogP contribution in [0.3, 0.4) is 0 Å². The Kier molecular flexibility index (Phi) is 12.0. The van der Waals surface area contributed by atoms with Crippen molar-refractivity contribution in [2.24, 2.45) is 0 Å². The highest BCUT2D eigenvalue weighted by Gasteiger charge is 2.01. The molecule has 0 amide bonds. The molecule has 2 heterocycles. The minimum atomic E-state index is 1.16. The van der Waals surface area contributed by atoms with E-state index >= 15 is 0 Å². The van der Waals surface area contributed by atoms with Gasteiger partial charge < -0.3 is 10.2 Å². The Labute approximate surface area is 123 Å². The van der Waals surface area contributed by atoms with Gasteiger partial charge >= 0.3 is 0 Å². The lowest BCUT2D eigenvalue weighted by molar-refractivity contribution is 0.291. The topological polar surface area (TPSA) is 15.3 Å². The van der Waals surface area contributed by atoms with E-state index in [1.807, 2.05) is 11.3 Å². The molecule has 2 rings (SSSR count). The van der Waals surface area contributed by atoms with E-state index in [9.17, 15) is 0 Å². The van der Waals surface area contributed by atoms with Crippen LogP contribution in [-0.2, 0) is 12.8 Å². The highest BCUT2D eigenvalue weighted by molar-refractivity contribution is 7.10. The fourth-order valence-corrected chi connectivity index (χ4v) is 2.99. The molecule has 0 saturated carbocycles. The zero-order valence-electron chi connectivity index (χ0n) is 12.9. The van der Waals surface area contributed by atoms with Gasteiger partial charge in [0.2, 0.25) is 0 Å². The second kappa shape index (κ2) is 12.4. The van der Waals surface area contributed by atoms with Gasteiger partial charge in [-0.1, -0.05) is 20.3 Å². The number of piperazine rings is 1. The summed E-state index contributed by atoms with van der Waals surface area (Å²) in [5.74, 6) is 0. The molecule has 1 N–H and O–H groups in total. The molecule has 3 heteroatoms. The summed E-state index contributed by atoms with van der Waals surface area (Å²) in [6.07, 6.45) is 3.73. The van der Waals surface area contributed by atoms with E-state index in [1.54, 1.807) is 10.4 Å². The summed E-state index contributed by atoms with van der Waals surface area (Å²) < 4.78 is 0. The van der Waals surface area contributed by atoms with Crippen LogP contribution in [0.5, 0.6) is 0 Å². The summed E-state index contributed by atoms with van der Waals surface area (Å²) in [4.78, 5) is 3.92. The van der Waals surface area contributed by atoms with Gasteiger partial charge in [0.05, 0.1) is 0 Å². The Morgan fingerprint density at radius 3 is 2.32 bits per heavy atom. The number of aryl methyl sites for hydroxylation is 2. The quantitative estimate of drug-likeness (QED) is 0.852. The molecule has 1 aromatic heterocycles. The molecule has 1 saturated heterocycles. The first-order valence-electron chi connectivity index (χ1n) is 7.22. The molecule has 1 aromatic rings. The van der Waals surface area contributed by atoms with Crippen molar-refractivity contribution in [3.05, 3.63) is 35.0 Å². The third kappa shape index (κ3) is 8.19. The van der Waals surface area contributed by atoms with Crippen LogP contribution in [0.15, 0.2) is 24.6 Å². The monoisotopic (exact) mass is 282 g/mol. The first-order valence-corrected chi connectivity index (χ1v) is 8.10. The molecule has 110 valence electrons. The van der Waals surface area contributed by atoms with Crippen LogP contribution in [0.25, 0.3) is 0 Å². The van der Waals surface area contributed by atoms with Crippen LogP contribution in [0, 0.1) is 0 Å². The summed E-state index contributed by atoms with van der Waals surface area (Å²) in [7, 11) is 2.15. The second-order valence-electron chi connectivity index (χ2n) is 4.53. The summed E-state index contributed by atoms with van der Waals surface area (Å²) in [5.41, 5.74) is 1.55. The number of rotatable bonds is 3. The predicted molar refractivity (Wildman–Crippen MR) is 89.3 cm³/mol. The van der Waals surface area contributed by atoms with E-state index in [1.165, 1.54) is 32.4 Å². The van der Waals surface area contributed by atoms with E-state index < -0.39 is 0 Å². The molecule has 0 aliphatic carbocycles. The van der Waals surface area contributed by atoms with Crippen molar-refractivity contribution in [3.8, 4) is 0 Å². The third-order valence-corrected chi connectivity index (χ3v) is 4.06. The van der Waals surface area contributed by atoms with Gasteiger partial charge in [-0.05, 0) is 36.9 Å². The molecule has 0 aromatic carbocycles. The Morgan fingerprint density at radius 1 is 1.26 bits per heavy atom. The number of hydrogen-bond acceptors (Lipinski definition) is 3. The van der Waals surface area contributed by atoms with E-state index in [4.69, 9.17) is 0 Å². The van der Waals surface area contributed by atoms with Crippen molar-refractivity contribution in [1.82, 2.24) is 10.2 Å². The van der Waals surface area contributed by atoms with Crippen LogP contribution in [-0.4, -0.2) is 38.1 Å². The number of thiophene rings is 1. The number of nitrogens with zero attached hydrogens (tertiary/aromatic N) is 1. The SMILES string of the molecule is C=C.CCCc1sccc1CC.CN1CCNCC1. The normalized spacial score (nSPS) is 14.9. The highest BCUT2D eigenvalue weighted by Crippen LogP contribution is 2.18. The van der Waals surface area contributed by atoms with Gasteiger partial charge in [-0.3, -0.25) is 0 Å². The maximum atomic E-state index is 3.27. The van der Waals surface area contributed by atoms with Gasteiger partial charge in [0.15, 0.2) is 0 Å². The minimum Gasteiger partial charge on any atom is -0.314 e. The Bertz CT molecular complexity index is 303. The Morgan fingerprint density at radius 2 is 1.89 bits per heavy atom. The van der Waals surface area contributed by atoms with Crippen LogP contribution in [0.4, 0.5) is 0 Å². The van der Waals surface area contributed by atoms with Crippen molar-refractivity contribution in [3.63, 3.8) is 0 Å². The average Bonchev–Trinajstić information content (AvgIpc) is 2.90. The van der Waals surface area contributed by atoms with E-state index in [-0.39, 0.29) is 0 Å². The fourth-order valence-electron chi connectivity index (χ4n) is 1.91. The third-order valence-electron chi connectivity index (χ3n) is 3.04. The fraction of sp³-hybridized carbons (Fsp3) is 0.625. The number of nitrogens with one attached hydrogen (secondary N) is 1. The molecule has 1 aliphatic heterocycles. The standard InChI is InChI=1S/C9H14S.C5H12N2.C2H4/c1-3-5-9-8(4-2)6-7-10-9;1-7-4-2-6-3-5-7;1-2/h6-7H,3-5H2,1-2H3;6H,2-5H2,1H3;1-2H2. The van der Waals surface area contributed by atoms with Gasteiger partial charge in [0, 0.05) is 31.1 Å². The highest BCUT2D eigenvalue weighted by atomic mass is 32.1.